The first-order chi connectivity index (χ1) is 5.29. The van der Waals surface area contributed by atoms with Crippen molar-refractivity contribution in [3.63, 3.8) is 0 Å². The van der Waals surface area contributed by atoms with E-state index in [0.29, 0.717) is 6.42 Å². The van der Waals surface area contributed by atoms with Crippen LogP contribution in [0.25, 0.3) is 0 Å². The molecule has 0 unspecified atom stereocenters. The number of carbonyl (C=O) groups is 1. The lowest BCUT2D eigenvalue weighted by Crippen LogP contribution is -1.90. The molecule has 1 nitrogen and oxygen atoms in total. The molecule has 0 saturated carbocycles. The highest BCUT2D eigenvalue weighted by Crippen LogP contribution is 2.26. The number of fused-ring (bicyclic) bond motifs is 1. The summed E-state index contributed by atoms with van der Waals surface area (Å²) in [5.74, 6) is 0.260. The van der Waals surface area contributed by atoms with Gasteiger partial charge in [-0.25, -0.2) is 0 Å². The number of thiol groups is 1. The molecule has 2 rings (SSSR count). The third-order valence-electron chi connectivity index (χ3n) is 2.05. The molecule has 1 aliphatic rings. The van der Waals surface area contributed by atoms with E-state index >= 15 is 0 Å². The molecule has 0 bridgehead atoms. The van der Waals surface area contributed by atoms with Crippen molar-refractivity contribution < 1.29 is 4.79 Å². The Bertz CT molecular complexity index is 317. The topological polar surface area (TPSA) is 17.1 Å². The summed E-state index contributed by atoms with van der Waals surface area (Å²) >= 11 is 4.28. The van der Waals surface area contributed by atoms with Crippen molar-refractivity contribution >= 4 is 18.4 Å². The summed E-state index contributed by atoms with van der Waals surface area (Å²) in [6, 6.07) is 5.69. The van der Waals surface area contributed by atoms with Crippen LogP contribution in [0.4, 0.5) is 0 Å². The van der Waals surface area contributed by atoms with Gasteiger partial charge in [-0.1, -0.05) is 12.1 Å². The normalized spacial score (nSPS) is 15.2. The lowest BCUT2D eigenvalue weighted by atomic mass is 10.1. The predicted octanol–water partition coefficient (Wildman–Crippen LogP) is 2.10. The van der Waals surface area contributed by atoms with E-state index < -0.39 is 0 Å². The van der Waals surface area contributed by atoms with Crippen LogP contribution in [0.1, 0.15) is 22.3 Å². The van der Waals surface area contributed by atoms with Crippen LogP contribution in [-0.2, 0) is 6.42 Å². The SMILES string of the molecule is O=C1CCc2c(S)cccc21. The fourth-order valence-corrected chi connectivity index (χ4v) is 1.79. The van der Waals surface area contributed by atoms with Gasteiger partial charge in [-0.3, -0.25) is 4.79 Å². The fourth-order valence-electron chi connectivity index (χ4n) is 1.47. The van der Waals surface area contributed by atoms with Crippen LogP contribution in [0.3, 0.4) is 0 Å². The molecule has 0 amide bonds. The number of ketones is 1. The highest BCUT2D eigenvalue weighted by molar-refractivity contribution is 7.80. The molecule has 0 atom stereocenters. The maximum atomic E-state index is 11.2. The van der Waals surface area contributed by atoms with Gasteiger partial charge in [-0.05, 0) is 18.1 Å². The Labute approximate surface area is 70.8 Å². The highest BCUT2D eigenvalue weighted by Gasteiger charge is 2.20. The number of rotatable bonds is 0. The molecule has 11 heavy (non-hydrogen) atoms. The number of carbonyl (C=O) groups excluding carboxylic acids is 1. The monoisotopic (exact) mass is 164 g/mol. The molecule has 1 aliphatic carbocycles. The van der Waals surface area contributed by atoms with E-state index in [1.165, 1.54) is 0 Å². The maximum Gasteiger partial charge on any atom is 0.163 e. The van der Waals surface area contributed by atoms with Crippen molar-refractivity contribution in [2.24, 2.45) is 0 Å². The van der Waals surface area contributed by atoms with Gasteiger partial charge >= 0.3 is 0 Å². The lowest BCUT2D eigenvalue weighted by Gasteiger charge is -1.98. The zero-order valence-corrected chi connectivity index (χ0v) is 6.90. The van der Waals surface area contributed by atoms with Crippen LogP contribution in [0, 0.1) is 0 Å². The van der Waals surface area contributed by atoms with Crippen molar-refractivity contribution in [3.05, 3.63) is 29.3 Å². The Morgan fingerprint density at radius 1 is 1.27 bits per heavy atom. The van der Waals surface area contributed by atoms with Crippen molar-refractivity contribution in [2.75, 3.05) is 0 Å². The molecule has 0 N–H and O–H groups in total. The van der Waals surface area contributed by atoms with E-state index in [-0.39, 0.29) is 5.78 Å². The predicted molar refractivity (Wildman–Crippen MR) is 46.3 cm³/mol. The van der Waals surface area contributed by atoms with Gasteiger partial charge in [-0.2, -0.15) is 0 Å². The maximum absolute atomic E-state index is 11.2. The van der Waals surface area contributed by atoms with Gasteiger partial charge in [0.1, 0.15) is 0 Å². The summed E-state index contributed by atoms with van der Waals surface area (Å²) < 4.78 is 0. The second kappa shape index (κ2) is 2.38. The Kier molecular flexibility index (Phi) is 1.50. The molecule has 0 radical (unpaired) electrons. The first-order valence-corrected chi connectivity index (χ1v) is 4.08. The average molecular weight is 164 g/mol. The molecule has 1 aromatic carbocycles. The molecule has 56 valence electrons. The minimum atomic E-state index is 0.260. The van der Waals surface area contributed by atoms with E-state index in [1.54, 1.807) is 0 Å². The third-order valence-corrected chi connectivity index (χ3v) is 2.47. The summed E-state index contributed by atoms with van der Waals surface area (Å²) in [6.07, 6.45) is 1.53. The van der Waals surface area contributed by atoms with E-state index in [9.17, 15) is 4.79 Å². The molecule has 1 aromatic rings. The van der Waals surface area contributed by atoms with Crippen LogP contribution in [-0.4, -0.2) is 5.78 Å². The van der Waals surface area contributed by atoms with E-state index in [0.717, 1.165) is 22.4 Å². The number of hydrogen-bond donors (Lipinski definition) is 1. The molecule has 0 aromatic heterocycles. The summed E-state index contributed by atoms with van der Waals surface area (Å²) in [5, 5.41) is 0. The Hall–Kier alpha value is -0.760. The van der Waals surface area contributed by atoms with Crippen LogP contribution in [0.15, 0.2) is 23.1 Å². The van der Waals surface area contributed by atoms with Crippen LogP contribution < -0.4 is 0 Å². The van der Waals surface area contributed by atoms with Crippen LogP contribution in [0.5, 0.6) is 0 Å². The number of hydrogen-bond acceptors (Lipinski definition) is 2. The molecule has 0 spiro atoms. The van der Waals surface area contributed by atoms with Crippen molar-refractivity contribution in [3.8, 4) is 0 Å². The summed E-state index contributed by atoms with van der Waals surface area (Å²) in [4.78, 5) is 12.1. The Morgan fingerprint density at radius 2 is 2.09 bits per heavy atom. The van der Waals surface area contributed by atoms with Gasteiger partial charge in [0, 0.05) is 16.9 Å². The van der Waals surface area contributed by atoms with Crippen molar-refractivity contribution in [2.45, 2.75) is 17.7 Å². The molecule has 0 fully saturated rings. The van der Waals surface area contributed by atoms with Gasteiger partial charge in [0.15, 0.2) is 5.78 Å². The van der Waals surface area contributed by atoms with Gasteiger partial charge < -0.3 is 0 Å². The number of benzene rings is 1. The van der Waals surface area contributed by atoms with Gasteiger partial charge in [0.25, 0.3) is 0 Å². The quantitative estimate of drug-likeness (QED) is 0.581. The summed E-state index contributed by atoms with van der Waals surface area (Å²) in [7, 11) is 0. The van der Waals surface area contributed by atoms with Crippen LogP contribution in [0.2, 0.25) is 0 Å². The fraction of sp³-hybridized carbons (Fsp3) is 0.222. The molecular formula is C9H8OS. The first-order valence-electron chi connectivity index (χ1n) is 3.63. The first kappa shape index (κ1) is 6.92. The van der Waals surface area contributed by atoms with E-state index in [4.69, 9.17) is 0 Å². The van der Waals surface area contributed by atoms with Crippen molar-refractivity contribution in [1.82, 2.24) is 0 Å². The van der Waals surface area contributed by atoms with Gasteiger partial charge in [0.05, 0.1) is 0 Å². The zero-order valence-electron chi connectivity index (χ0n) is 6.00. The third kappa shape index (κ3) is 0.979. The summed E-state index contributed by atoms with van der Waals surface area (Å²) in [6.45, 7) is 0. The smallest absolute Gasteiger partial charge is 0.163 e. The molecule has 0 aliphatic heterocycles. The van der Waals surface area contributed by atoms with E-state index in [2.05, 4.69) is 12.6 Å². The average Bonchev–Trinajstić information content (AvgIpc) is 2.35. The van der Waals surface area contributed by atoms with Gasteiger partial charge in [0.2, 0.25) is 0 Å². The minimum Gasteiger partial charge on any atom is -0.294 e. The second-order valence-corrected chi connectivity index (χ2v) is 3.21. The number of Topliss-reactive ketones (excluding diaryl/α,β-unsaturated/α-hetero) is 1. The minimum absolute atomic E-state index is 0.260. The highest BCUT2D eigenvalue weighted by atomic mass is 32.1. The molecule has 0 saturated heterocycles. The molecule has 2 heteroatoms. The standard InChI is InChI=1S/C9H8OS/c10-8-5-4-7-6(8)2-1-3-9(7)11/h1-3,11H,4-5H2. The molecular weight excluding hydrogens is 156 g/mol. The van der Waals surface area contributed by atoms with Crippen molar-refractivity contribution in [1.29, 1.82) is 0 Å². The largest absolute Gasteiger partial charge is 0.294 e. The lowest BCUT2D eigenvalue weighted by molar-refractivity contribution is 0.0994. The van der Waals surface area contributed by atoms with Crippen LogP contribution >= 0.6 is 12.6 Å². The van der Waals surface area contributed by atoms with E-state index in [1.807, 2.05) is 18.2 Å². The summed E-state index contributed by atoms with van der Waals surface area (Å²) in [5.41, 5.74) is 2.00. The Balaban J connectivity index is 2.66. The Morgan fingerprint density at radius 3 is 2.82 bits per heavy atom. The zero-order chi connectivity index (χ0) is 7.84. The molecule has 0 heterocycles. The van der Waals surface area contributed by atoms with Gasteiger partial charge in [-0.15, -0.1) is 12.6 Å². The second-order valence-electron chi connectivity index (χ2n) is 2.73.